The molecule has 1 aromatic rings. The van der Waals surface area contributed by atoms with Gasteiger partial charge in [0.05, 0.1) is 12.8 Å². The highest BCUT2D eigenvalue weighted by Gasteiger charge is 2.19. The van der Waals surface area contributed by atoms with Crippen LogP contribution in [0.25, 0.3) is 0 Å². The Kier molecular flexibility index (Phi) is 4.69. The second-order valence-corrected chi connectivity index (χ2v) is 4.92. The number of alkyl halides is 1. The van der Waals surface area contributed by atoms with Gasteiger partial charge in [0.25, 0.3) is 0 Å². The fourth-order valence-electron chi connectivity index (χ4n) is 1.39. The van der Waals surface area contributed by atoms with E-state index in [0.717, 1.165) is 0 Å². The van der Waals surface area contributed by atoms with Crippen molar-refractivity contribution in [1.82, 2.24) is 0 Å². The Morgan fingerprint density at radius 1 is 1.37 bits per heavy atom. The molecule has 1 rings (SSSR count). The molecule has 1 amide bonds. The fourth-order valence-corrected chi connectivity index (χ4v) is 1.39. The molecule has 0 saturated carbocycles. The Bertz CT molecular complexity index is 470. The molecule has 0 saturated heterocycles. The van der Waals surface area contributed by atoms with E-state index in [9.17, 15) is 13.6 Å². The van der Waals surface area contributed by atoms with Crippen molar-refractivity contribution < 1.29 is 23.0 Å². The van der Waals surface area contributed by atoms with Gasteiger partial charge in [-0.25, -0.2) is 13.6 Å². The molecule has 0 fully saturated rings. The van der Waals surface area contributed by atoms with Gasteiger partial charge in [-0.15, -0.1) is 0 Å². The van der Waals surface area contributed by atoms with E-state index in [1.54, 1.807) is 20.8 Å². The molecule has 1 N–H and O–H groups in total. The van der Waals surface area contributed by atoms with Gasteiger partial charge in [-0.05, 0) is 38.5 Å². The summed E-state index contributed by atoms with van der Waals surface area (Å²) in [4.78, 5) is 11.5. The van der Waals surface area contributed by atoms with Crippen LogP contribution in [0.2, 0.25) is 0 Å². The number of nitrogens with one attached hydrogen (secondary N) is 1. The van der Waals surface area contributed by atoms with Crippen molar-refractivity contribution in [3.8, 4) is 5.75 Å². The number of ether oxygens (including phenoxy) is 2. The molecule has 0 bridgehead atoms. The Morgan fingerprint density at radius 3 is 2.47 bits per heavy atom. The summed E-state index contributed by atoms with van der Waals surface area (Å²) in [6.07, 6.45) is -0.815. The van der Waals surface area contributed by atoms with Crippen LogP contribution in [0.1, 0.15) is 26.3 Å². The third-order valence-corrected chi connectivity index (χ3v) is 2.11. The SMILES string of the molecule is COc1cc(CF)cc(NC(=O)OC(C)(C)C)c1F. The van der Waals surface area contributed by atoms with Gasteiger partial charge in [0.2, 0.25) is 0 Å². The van der Waals surface area contributed by atoms with Crippen LogP contribution in [0, 0.1) is 5.82 Å². The van der Waals surface area contributed by atoms with Crippen LogP contribution >= 0.6 is 0 Å². The molecule has 0 heterocycles. The zero-order valence-corrected chi connectivity index (χ0v) is 11.3. The van der Waals surface area contributed by atoms with Crippen molar-refractivity contribution in [2.75, 3.05) is 12.4 Å². The lowest BCUT2D eigenvalue weighted by Gasteiger charge is -2.20. The summed E-state index contributed by atoms with van der Waals surface area (Å²) in [6, 6.07) is 2.43. The molecule has 1 aromatic carbocycles. The van der Waals surface area contributed by atoms with Crippen LogP contribution < -0.4 is 10.1 Å². The number of halogens is 2. The first kappa shape index (κ1) is 15.2. The lowest BCUT2D eigenvalue weighted by atomic mass is 10.2. The van der Waals surface area contributed by atoms with Gasteiger partial charge in [0.15, 0.2) is 11.6 Å². The molecular weight excluding hydrogens is 256 g/mol. The molecule has 106 valence electrons. The molecule has 0 aliphatic rings. The molecule has 6 heteroatoms. The highest BCUT2D eigenvalue weighted by Crippen LogP contribution is 2.27. The van der Waals surface area contributed by atoms with Crippen LogP contribution in [0.15, 0.2) is 12.1 Å². The minimum atomic E-state index is -0.815. The van der Waals surface area contributed by atoms with Crippen molar-refractivity contribution in [2.24, 2.45) is 0 Å². The Balaban J connectivity index is 2.97. The van der Waals surface area contributed by atoms with E-state index < -0.39 is 24.2 Å². The van der Waals surface area contributed by atoms with E-state index in [4.69, 9.17) is 9.47 Å². The third-order valence-electron chi connectivity index (χ3n) is 2.11. The monoisotopic (exact) mass is 273 g/mol. The molecule has 0 radical (unpaired) electrons. The van der Waals surface area contributed by atoms with E-state index >= 15 is 0 Å². The number of hydrogen-bond acceptors (Lipinski definition) is 3. The molecule has 0 aliphatic heterocycles. The fraction of sp³-hybridized carbons (Fsp3) is 0.462. The highest BCUT2D eigenvalue weighted by molar-refractivity contribution is 5.85. The summed E-state index contributed by atoms with van der Waals surface area (Å²) >= 11 is 0. The van der Waals surface area contributed by atoms with Crippen molar-refractivity contribution in [3.63, 3.8) is 0 Å². The lowest BCUT2D eigenvalue weighted by molar-refractivity contribution is 0.0635. The molecule has 0 unspecified atom stereocenters. The van der Waals surface area contributed by atoms with Gasteiger partial charge in [-0.1, -0.05) is 0 Å². The summed E-state index contributed by atoms with van der Waals surface area (Å²) in [7, 11) is 1.26. The Labute approximate surface area is 110 Å². The number of methoxy groups -OCH3 is 1. The number of amides is 1. The first-order chi connectivity index (χ1) is 8.76. The molecular formula is C13H17F2NO3. The standard InChI is InChI=1S/C13H17F2NO3/c1-13(2,3)19-12(17)16-9-5-8(7-14)6-10(18-4)11(9)15/h5-6H,7H2,1-4H3,(H,16,17). The minimum Gasteiger partial charge on any atom is -0.494 e. The number of anilines is 1. The Morgan fingerprint density at radius 2 is 2.00 bits per heavy atom. The summed E-state index contributed by atoms with van der Waals surface area (Å²) in [5.41, 5.74) is -0.687. The molecule has 19 heavy (non-hydrogen) atoms. The second kappa shape index (κ2) is 5.86. The summed E-state index contributed by atoms with van der Waals surface area (Å²) in [6.45, 7) is 4.25. The van der Waals surface area contributed by atoms with Gasteiger partial charge in [-0.2, -0.15) is 0 Å². The maximum atomic E-state index is 13.9. The maximum Gasteiger partial charge on any atom is 0.412 e. The van der Waals surface area contributed by atoms with Crippen LogP contribution in [0.3, 0.4) is 0 Å². The van der Waals surface area contributed by atoms with Crippen LogP contribution in [-0.2, 0) is 11.4 Å². The van der Waals surface area contributed by atoms with E-state index in [-0.39, 0.29) is 17.0 Å². The molecule has 0 atom stereocenters. The van der Waals surface area contributed by atoms with E-state index in [2.05, 4.69) is 5.32 Å². The number of carbonyl (C=O) groups excluding carboxylic acids is 1. The summed E-state index contributed by atoms with van der Waals surface area (Å²) in [5, 5.41) is 2.23. The minimum absolute atomic E-state index is 0.138. The first-order valence-corrected chi connectivity index (χ1v) is 5.69. The van der Waals surface area contributed by atoms with Crippen LogP contribution in [0.4, 0.5) is 19.3 Å². The average molecular weight is 273 g/mol. The van der Waals surface area contributed by atoms with Crippen LogP contribution in [0.5, 0.6) is 5.75 Å². The smallest absolute Gasteiger partial charge is 0.412 e. The number of benzene rings is 1. The second-order valence-electron chi connectivity index (χ2n) is 4.92. The van der Waals surface area contributed by atoms with E-state index in [1.165, 1.54) is 19.2 Å². The average Bonchev–Trinajstić information content (AvgIpc) is 2.29. The van der Waals surface area contributed by atoms with E-state index in [0.29, 0.717) is 0 Å². The third kappa shape index (κ3) is 4.39. The zero-order chi connectivity index (χ0) is 14.6. The lowest BCUT2D eigenvalue weighted by Crippen LogP contribution is -2.27. The van der Waals surface area contributed by atoms with Crippen LogP contribution in [-0.4, -0.2) is 18.8 Å². The van der Waals surface area contributed by atoms with Crippen molar-refractivity contribution in [2.45, 2.75) is 33.0 Å². The quantitative estimate of drug-likeness (QED) is 0.914. The number of hydrogen-bond donors (Lipinski definition) is 1. The normalized spacial score (nSPS) is 11.1. The number of rotatable bonds is 3. The van der Waals surface area contributed by atoms with Gasteiger partial charge in [0, 0.05) is 0 Å². The maximum absolute atomic E-state index is 13.9. The molecule has 4 nitrogen and oxygen atoms in total. The topological polar surface area (TPSA) is 47.6 Å². The van der Waals surface area contributed by atoms with Crippen molar-refractivity contribution in [3.05, 3.63) is 23.5 Å². The molecule has 0 aliphatic carbocycles. The summed E-state index contributed by atoms with van der Waals surface area (Å²) in [5.74, 6) is -0.910. The van der Waals surface area contributed by atoms with Gasteiger partial charge in [0.1, 0.15) is 12.3 Å². The van der Waals surface area contributed by atoms with E-state index in [1.807, 2.05) is 0 Å². The predicted octanol–water partition coefficient (Wildman–Crippen LogP) is 3.65. The van der Waals surface area contributed by atoms with Crippen molar-refractivity contribution in [1.29, 1.82) is 0 Å². The molecule has 0 aromatic heterocycles. The Hall–Kier alpha value is -1.85. The molecule has 0 spiro atoms. The summed E-state index contributed by atoms with van der Waals surface area (Å²) < 4.78 is 36.3. The highest BCUT2D eigenvalue weighted by atomic mass is 19.1. The first-order valence-electron chi connectivity index (χ1n) is 5.69. The zero-order valence-electron chi connectivity index (χ0n) is 11.3. The van der Waals surface area contributed by atoms with Gasteiger partial charge < -0.3 is 9.47 Å². The van der Waals surface area contributed by atoms with Gasteiger partial charge >= 0.3 is 6.09 Å². The van der Waals surface area contributed by atoms with Crippen molar-refractivity contribution >= 4 is 11.8 Å². The van der Waals surface area contributed by atoms with Gasteiger partial charge in [-0.3, -0.25) is 5.32 Å². The number of carbonyl (C=O) groups is 1. The largest absolute Gasteiger partial charge is 0.494 e. The predicted molar refractivity (Wildman–Crippen MR) is 67.6 cm³/mol.